The van der Waals surface area contributed by atoms with Crippen LogP contribution in [0.3, 0.4) is 0 Å². The molecule has 0 spiro atoms. The summed E-state index contributed by atoms with van der Waals surface area (Å²) in [5.41, 5.74) is -1.15. The van der Waals surface area contributed by atoms with E-state index in [1.54, 1.807) is 18.7 Å². The van der Waals surface area contributed by atoms with Gasteiger partial charge >= 0.3 is 35.6 Å². The molecule has 0 aliphatic carbocycles. The van der Waals surface area contributed by atoms with Crippen LogP contribution in [0, 0.1) is 5.41 Å². The Bertz CT molecular complexity index is 377. The molecule has 1 aliphatic rings. The number of hydrogen-bond donors (Lipinski definition) is 1. The Morgan fingerprint density at radius 2 is 1.95 bits per heavy atom. The number of carbonyl (C=O) groups excluding carboxylic acids is 2. The van der Waals surface area contributed by atoms with Crippen LogP contribution in [0.2, 0.25) is 0 Å². The third-order valence-electron chi connectivity index (χ3n) is 3.36. The number of unbranched alkanes of at least 4 members (excludes halogenated alkanes) is 3. The predicted molar refractivity (Wildman–Crippen MR) is 75.2 cm³/mol. The molecule has 1 unspecified atom stereocenters. The maximum Gasteiger partial charge on any atom is 1.00 e. The molecule has 0 radical (unpaired) electrons. The molecule has 0 aromatic carbocycles. The molecule has 5 nitrogen and oxygen atoms in total. The van der Waals surface area contributed by atoms with Crippen molar-refractivity contribution in [2.24, 2.45) is 10.4 Å². The minimum absolute atomic E-state index is 0. The van der Waals surface area contributed by atoms with Gasteiger partial charge < -0.3 is 5.11 Å². The quantitative estimate of drug-likeness (QED) is 0.447. The predicted octanol–water partition coefficient (Wildman–Crippen LogP) is -1.29. The van der Waals surface area contributed by atoms with Gasteiger partial charge in [0.25, 0.3) is 0 Å². The minimum atomic E-state index is -1.15. The largest absolute Gasteiger partial charge is 1.00 e. The molecule has 108 valence electrons. The first-order valence-corrected chi connectivity index (χ1v) is 7.91. The Morgan fingerprint density at radius 1 is 1.25 bits per heavy atom. The van der Waals surface area contributed by atoms with E-state index in [0.29, 0.717) is 12.2 Å². The molecule has 0 aromatic rings. The van der Waals surface area contributed by atoms with Crippen LogP contribution in [-0.2, 0) is 4.79 Å². The number of urea groups is 1. The zero-order chi connectivity index (χ0) is 14.3. The molecule has 0 bridgehead atoms. The topological polar surface area (TPSA) is 81.6 Å². The molecule has 3 amide bonds. The summed E-state index contributed by atoms with van der Waals surface area (Å²) in [6.45, 7) is 3.93. The molecule has 20 heavy (non-hydrogen) atoms. The molecule has 1 atom stereocenters. The first kappa shape index (κ1) is 20.0. The normalized spacial score (nSPS) is 22.0. The number of aliphatic imine (C=N–C) groups is 1. The third-order valence-corrected chi connectivity index (χ3v) is 4.64. The van der Waals surface area contributed by atoms with Gasteiger partial charge in [-0.3, -0.25) is 10.1 Å². The third kappa shape index (κ3) is 5.06. The van der Waals surface area contributed by atoms with E-state index in [1.807, 2.05) is 0 Å². The molecule has 0 saturated heterocycles. The van der Waals surface area contributed by atoms with Crippen molar-refractivity contribution in [3.8, 4) is 0 Å². The molecule has 1 aliphatic heterocycles. The fraction of sp³-hybridized carbons (Fsp3) is 0.769. The molecule has 1 rings (SSSR count). The van der Waals surface area contributed by atoms with Crippen LogP contribution in [0.4, 0.5) is 4.79 Å². The summed E-state index contributed by atoms with van der Waals surface area (Å²) in [5, 5.41) is 14.0. The van der Waals surface area contributed by atoms with Crippen LogP contribution in [0.15, 0.2) is 4.99 Å². The van der Waals surface area contributed by atoms with Gasteiger partial charge in [-0.15, -0.1) is 0 Å². The fourth-order valence-electron chi connectivity index (χ4n) is 1.96. The van der Waals surface area contributed by atoms with Crippen LogP contribution >= 0.6 is 11.8 Å². The van der Waals surface area contributed by atoms with Crippen LogP contribution in [0.25, 0.3) is 0 Å². The first-order valence-electron chi connectivity index (χ1n) is 6.76. The summed E-state index contributed by atoms with van der Waals surface area (Å²) in [7, 11) is 0. The van der Waals surface area contributed by atoms with E-state index in [1.165, 1.54) is 19.3 Å². The van der Waals surface area contributed by atoms with Crippen molar-refractivity contribution in [1.82, 2.24) is 5.32 Å². The number of imide groups is 1. The molecular weight excluding hydrogens is 287 g/mol. The molecule has 7 heteroatoms. The smallest absolute Gasteiger partial charge is 0.861 e. The van der Waals surface area contributed by atoms with Crippen molar-refractivity contribution in [2.75, 3.05) is 11.5 Å². The van der Waals surface area contributed by atoms with Gasteiger partial charge in [0.05, 0.1) is 5.41 Å². The zero-order valence-electron chi connectivity index (χ0n) is 12.5. The van der Waals surface area contributed by atoms with Crippen LogP contribution in [0.1, 0.15) is 46.0 Å². The monoisotopic (exact) mass is 308 g/mol. The minimum Gasteiger partial charge on any atom is -0.861 e. The van der Waals surface area contributed by atoms with Gasteiger partial charge in [-0.05, 0) is 24.5 Å². The molecular formula is C13H21N2NaO3S. The standard InChI is InChI=1S/C13H22N2O3S.Na/c1-3-5-6-7-8-19-9-13(4-2)10(16)14-12(18)15-11(13)17;/h3-9H2,1-2H3,(H2,14,15,16,17,18);/q;+1/p-1. The number of nitrogens with zero attached hydrogens (tertiary/aromatic N) is 1. The van der Waals surface area contributed by atoms with Gasteiger partial charge in [0.2, 0.25) is 5.91 Å². The molecule has 0 aromatic heterocycles. The Morgan fingerprint density at radius 3 is 2.50 bits per heavy atom. The van der Waals surface area contributed by atoms with Crippen LogP contribution < -0.4 is 40.0 Å². The van der Waals surface area contributed by atoms with Crippen LogP contribution in [-0.4, -0.2) is 29.3 Å². The van der Waals surface area contributed by atoms with Crippen LogP contribution in [0.5, 0.6) is 0 Å². The maximum atomic E-state index is 11.9. The van der Waals surface area contributed by atoms with Crippen molar-refractivity contribution in [3.63, 3.8) is 0 Å². The van der Waals surface area contributed by atoms with Crippen molar-refractivity contribution in [2.45, 2.75) is 46.0 Å². The Hall–Kier alpha value is -0.0400. The van der Waals surface area contributed by atoms with Gasteiger partial charge in [0.15, 0.2) is 0 Å². The number of carbonyl (C=O) groups is 2. The molecule has 0 saturated carbocycles. The van der Waals surface area contributed by atoms with Gasteiger partial charge in [-0.25, -0.2) is 9.79 Å². The van der Waals surface area contributed by atoms with Gasteiger partial charge in [0, 0.05) is 5.75 Å². The molecule has 1 N–H and O–H groups in total. The van der Waals surface area contributed by atoms with E-state index < -0.39 is 23.3 Å². The average Bonchev–Trinajstić information content (AvgIpc) is 2.36. The molecule has 0 fully saturated rings. The number of rotatable bonds is 8. The maximum absolute atomic E-state index is 11.9. The van der Waals surface area contributed by atoms with Gasteiger partial charge in [-0.2, -0.15) is 11.8 Å². The Balaban J connectivity index is 0.00000361. The second-order valence-electron chi connectivity index (χ2n) is 4.73. The number of amides is 3. The van der Waals surface area contributed by atoms with E-state index in [4.69, 9.17) is 0 Å². The number of thioether (sulfide) groups is 1. The second kappa shape index (κ2) is 9.82. The van der Waals surface area contributed by atoms with E-state index in [9.17, 15) is 14.7 Å². The Kier molecular flexibility index (Phi) is 9.80. The van der Waals surface area contributed by atoms with Gasteiger partial charge in [-0.1, -0.05) is 33.1 Å². The number of nitrogens with one attached hydrogen (secondary N) is 1. The summed E-state index contributed by atoms with van der Waals surface area (Å²) < 4.78 is 0. The van der Waals surface area contributed by atoms with Crippen molar-refractivity contribution >= 4 is 29.6 Å². The number of hydrogen-bond acceptors (Lipinski definition) is 4. The SMILES string of the molecule is CCCCCCSCC1(CC)C(=O)NC(=O)N=C1[O-].[Na+]. The summed E-state index contributed by atoms with van der Waals surface area (Å²) in [4.78, 5) is 26.3. The van der Waals surface area contributed by atoms with E-state index in [0.717, 1.165) is 12.2 Å². The summed E-state index contributed by atoms with van der Waals surface area (Å²) >= 11 is 1.59. The summed E-state index contributed by atoms with van der Waals surface area (Å²) in [6, 6.07) is -0.841. The van der Waals surface area contributed by atoms with Gasteiger partial charge in [0.1, 0.15) is 0 Å². The van der Waals surface area contributed by atoms with Crippen molar-refractivity contribution in [1.29, 1.82) is 0 Å². The average molecular weight is 308 g/mol. The van der Waals surface area contributed by atoms with E-state index in [2.05, 4.69) is 17.2 Å². The van der Waals surface area contributed by atoms with E-state index >= 15 is 0 Å². The second-order valence-corrected chi connectivity index (χ2v) is 5.83. The Labute approximate surface area is 146 Å². The van der Waals surface area contributed by atoms with Crippen molar-refractivity contribution in [3.05, 3.63) is 0 Å². The summed E-state index contributed by atoms with van der Waals surface area (Å²) in [5.74, 6) is 0.235. The first-order chi connectivity index (χ1) is 9.06. The van der Waals surface area contributed by atoms with Crippen molar-refractivity contribution < 1.29 is 44.3 Å². The zero-order valence-corrected chi connectivity index (χ0v) is 15.3. The summed E-state index contributed by atoms with van der Waals surface area (Å²) in [6.07, 6.45) is 5.03. The van der Waals surface area contributed by atoms with E-state index in [-0.39, 0.29) is 29.6 Å². The fourth-order valence-corrected chi connectivity index (χ4v) is 3.32. The molecule has 1 heterocycles.